The Kier molecular flexibility index (Phi) is 4.78. The minimum atomic E-state index is -2.78. The van der Waals surface area contributed by atoms with E-state index in [9.17, 15) is 13.6 Å². The van der Waals surface area contributed by atoms with Crippen molar-refractivity contribution in [3.8, 4) is 6.07 Å². The number of nitriles is 1. The van der Waals surface area contributed by atoms with E-state index in [0.717, 1.165) is 6.07 Å². The normalized spacial score (nSPS) is 10.2. The van der Waals surface area contributed by atoms with E-state index in [1.807, 2.05) is 6.07 Å². The third-order valence-electron chi connectivity index (χ3n) is 2.53. The van der Waals surface area contributed by atoms with Gasteiger partial charge in [-0.25, -0.2) is 13.6 Å². The van der Waals surface area contributed by atoms with Crippen molar-refractivity contribution in [1.29, 1.82) is 5.26 Å². The summed E-state index contributed by atoms with van der Waals surface area (Å²) >= 11 is 0. The smallest absolute Gasteiger partial charge is 0.338 e. The number of benzene rings is 1. The zero-order chi connectivity index (χ0) is 13.7. The predicted octanol–water partition coefficient (Wildman–Crippen LogP) is 3.23. The van der Waals surface area contributed by atoms with Gasteiger partial charge in [0.15, 0.2) is 0 Å². The van der Waals surface area contributed by atoms with Gasteiger partial charge in [-0.15, -0.1) is 0 Å². The minimum Gasteiger partial charge on any atom is -0.462 e. The molecule has 1 aromatic carbocycles. The van der Waals surface area contributed by atoms with Crippen molar-refractivity contribution in [3.05, 3.63) is 34.4 Å². The fourth-order valence-electron chi connectivity index (χ4n) is 1.76. The molecule has 0 spiro atoms. The van der Waals surface area contributed by atoms with Crippen molar-refractivity contribution in [2.45, 2.75) is 26.7 Å². The minimum absolute atomic E-state index is 0.0987. The second-order valence-electron chi connectivity index (χ2n) is 3.54. The van der Waals surface area contributed by atoms with Crippen molar-refractivity contribution < 1.29 is 18.3 Å². The van der Waals surface area contributed by atoms with Gasteiger partial charge in [-0.05, 0) is 25.0 Å². The summed E-state index contributed by atoms with van der Waals surface area (Å²) in [6.07, 6.45) is -2.46. The second kappa shape index (κ2) is 6.10. The quantitative estimate of drug-likeness (QED) is 0.774. The number of hydrogen-bond donors (Lipinski definition) is 0. The summed E-state index contributed by atoms with van der Waals surface area (Å²) in [4.78, 5) is 11.8. The second-order valence-corrected chi connectivity index (χ2v) is 3.54. The first kappa shape index (κ1) is 14.1. The summed E-state index contributed by atoms with van der Waals surface area (Å²) in [5, 5.41) is 8.93. The third-order valence-corrected chi connectivity index (χ3v) is 2.53. The van der Waals surface area contributed by atoms with Gasteiger partial charge in [-0.3, -0.25) is 0 Å². The zero-order valence-corrected chi connectivity index (χ0v) is 10.2. The molecule has 0 fully saturated rings. The molecule has 0 amide bonds. The van der Waals surface area contributed by atoms with Crippen LogP contribution in [0.1, 0.15) is 47.3 Å². The van der Waals surface area contributed by atoms with Gasteiger partial charge >= 0.3 is 5.97 Å². The molecule has 5 heteroatoms. The van der Waals surface area contributed by atoms with Gasteiger partial charge in [0.05, 0.1) is 23.8 Å². The van der Waals surface area contributed by atoms with E-state index in [4.69, 9.17) is 10.00 Å². The van der Waals surface area contributed by atoms with Gasteiger partial charge in [0, 0.05) is 5.56 Å². The van der Waals surface area contributed by atoms with Crippen molar-refractivity contribution >= 4 is 5.97 Å². The molecule has 0 aliphatic rings. The van der Waals surface area contributed by atoms with Crippen LogP contribution < -0.4 is 0 Å². The van der Waals surface area contributed by atoms with Crippen LogP contribution in [0.15, 0.2) is 12.1 Å². The van der Waals surface area contributed by atoms with Crippen molar-refractivity contribution in [2.75, 3.05) is 6.61 Å². The van der Waals surface area contributed by atoms with Gasteiger partial charge in [-0.2, -0.15) is 5.26 Å². The van der Waals surface area contributed by atoms with E-state index in [0.29, 0.717) is 12.0 Å². The molecule has 1 rings (SSSR count). The highest BCUT2D eigenvalue weighted by Gasteiger charge is 2.24. The first-order valence-electron chi connectivity index (χ1n) is 5.57. The SMILES string of the molecule is CCOC(=O)c1c(C(F)F)ccc(C#N)c1CC. The molecule has 18 heavy (non-hydrogen) atoms. The highest BCUT2D eigenvalue weighted by molar-refractivity contribution is 5.93. The van der Waals surface area contributed by atoms with Crippen molar-refractivity contribution in [1.82, 2.24) is 0 Å². The molecule has 3 nitrogen and oxygen atoms in total. The van der Waals surface area contributed by atoms with Crippen LogP contribution in [0.25, 0.3) is 0 Å². The standard InChI is InChI=1S/C13H13F2NO2/c1-3-9-8(7-16)5-6-10(12(14)15)11(9)13(17)18-4-2/h5-6,12H,3-4H2,1-2H3. The largest absolute Gasteiger partial charge is 0.462 e. The Morgan fingerprint density at radius 3 is 2.56 bits per heavy atom. The number of nitrogens with zero attached hydrogens (tertiary/aromatic N) is 1. The molecule has 0 N–H and O–H groups in total. The van der Waals surface area contributed by atoms with E-state index >= 15 is 0 Å². The highest BCUT2D eigenvalue weighted by atomic mass is 19.3. The van der Waals surface area contributed by atoms with E-state index in [-0.39, 0.29) is 23.3 Å². The van der Waals surface area contributed by atoms with E-state index in [1.54, 1.807) is 13.8 Å². The zero-order valence-electron chi connectivity index (χ0n) is 10.2. The average Bonchev–Trinajstić information content (AvgIpc) is 2.36. The van der Waals surface area contributed by atoms with Crippen LogP contribution >= 0.6 is 0 Å². The molecular formula is C13H13F2NO2. The summed E-state index contributed by atoms with van der Waals surface area (Å²) in [7, 11) is 0. The molecule has 96 valence electrons. The summed E-state index contributed by atoms with van der Waals surface area (Å²) in [5.74, 6) is -0.804. The van der Waals surface area contributed by atoms with Crippen LogP contribution in [0.3, 0.4) is 0 Å². The van der Waals surface area contributed by atoms with Gasteiger partial charge in [0.1, 0.15) is 0 Å². The van der Waals surface area contributed by atoms with Gasteiger partial charge in [-0.1, -0.05) is 13.0 Å². The molecule has 0 bridgehead atoms. The number of carbonyl (C=O) groups excluding carboxylic acids is 1. The summed E-state index contributed by atoms with van der Waals surface area (Å²) < 4.78 is 30.6. The van der Waals surface area contributed by atoms with Crippen LogP contribution in [0, 0.1) is 11.3 Å². The summed E-state index contributed by atoms with van der Waals surface area (Å²) in [6.45, 7) is 3.40. The lowest BCUT2D eigenvalue weighted by atomic mass is 9.94. The van der Waals surface area contributed by atoms with Crippen LogP contribution in [0.4, 0.5) is 8.78 Å². The molecule has 1 aromatic rings. The third kappa shape index (κ3) is 2.65. The van der Waals surface area contributed by atoms with Crippen molar-refractivity contribution in [3.63, 3.8) is 0 Å². The molecule has 0 aliphatic heterocycles. The summed E-state index contributed by atoms with van der Waals surface area (Å²) in [5.41, 5.74) is -0.0172. The molecule has 0 atom stereocenters. The first-order chi connectivity index (χ1) is 8.56. The van der Waals surface area contributed by atoms with Crippen LogP contribution in [-0.4, -0.2) is 12.6 Å². The maximum atomic E-state index is 12.9. The molecule has 0 heterocycles. The Labute approximate surface area is 104 Å². The number of esters is 1. The fraction of sp³-hybridized carbons (Fsp3) is 0.385. The maximum Gasteiger partial charge on any atom is 0.338 e. The number of carbonyl (C=O) groups is 1. The van der Waals surface area contributed by atoms with E-state index in [1.165, 1.54) is 6.07 Å². The monoisotopic (exact) mass is 253 g/mol. The number of halogens is 2. The number of ether oxygens (including phenoxy) is 1. The molecule has 0 unspecified atom stereocenters. The van der Waals surface area contributed by atoms with E-state index in [2.05, 4.69) is 0 Å². The van der Waals surface area contributed by atoms with Crippen LogP contribution in [-0.2, 0) is 11.2 Å². The molecular weight excluding hydrogens is 240 g/mol. The van der Waals surface area contributed by atoms with Gasteiger partial charge in [0.2, 0.25) is 0 Å². The first-order valence-corrected chi connectivity index (χ1v) is 5.57. The molecule has 0 saturated heterocycles. The lowest BCUT2D eigenvalue weighted by Gasteiger charge is -2.13. The predicted molar refractivity (Wildman–Crippen MR) is 61.4 cm³/mol. The van der Waals surface area contributed by atoms with Gasteiger partial charge in [0.25, 0.3) is 6.43 Å². The lowest BCUT2D eigenvalue weighted by Crippen LogP contribution is -2.13. The Hall–Kier alpha value is -1.96. The van der Waals surface area contributed by atoms with Gasteiger partial charge < -0.3 is 4.74 Å². The molecule has 0 saturated carbocycles. The number of rotatable bonds is 4. The Morgan fingerprint density at radius 1 is 1.44 bits per heavy atom. The Bertz CT molecular complexity index is 492. The average molecular weight is 253 g/mol. The number of hydrogen-bond acceptors (Lipinski definition) is 3. The van der Waals surface area contributed by atoms with Crippen LogP contribution in [0.2, 0.25) is 0 Å². The Balaban J connectivity index is 3.49. The topological polar surface area (TPSA) is 50.1 Å². The molecule has 0 radical (unpaired) electrons. The highest BCUT2D eigenvalue weighted by Crippen LogP contribution is 2.28. The van der Waals surface area contributed by atoms with E-state index < -0.39 is 12.4 Å². The summed E-state index contributed by atoms with van der Waals surface area (Å²) in [6, 6.07) is 4.31. The fourth-order valence-corrected chi connectivity index (χ4v) is 1.76. The lowest BCUT2D eigenvalue weighted by molar-refractivity contribution is 0.0514. The molecule has 0 aliphatic carbocycles. The van der Waals surface area contributed by atoms with Crippen molar-refractivity contribution in [2.24, 2.45) is 0 Å². The Morgan fingerprint density at radius 2 is 2.11 bits per heavy atom. The number of alkyl halides is 2. The maximum absolute atomic E-state index is 12.9. The van der Waals surface area contributed by atoms with Crippen LogP contribution in [0.5, 0.6) is 0 Å². The molecule has 0 aromatic heterocycles.